The third-order valence-electron chi connectivity index (χ3n) is 5.84. The molecule has 0 aliphatic carbocycles. The molecule has 0 saturated heterocycles. The zero-order chi connectivity index (χ0) is 26.9. The summed E-state index contributed by atoms with van der Waals surface area (Å²) in [5, 5.41) is 4.47. The number of benzene rings is 4. The summed E-state index contributed by atoms with van der Waals surface area (Å²) in [6.45, 7) is 0.0989. The Kier molecular flexibility index (Phi) is 9.66. The van der Waals surface area contributed by atoms with E-state index in [1.54, 1.807) is 42.5 Å². The van der Waals surface area contributed by atoms with Gasteiger partial charge >= 0.3 is 0 Å². The average Bonchev–Trinajstić information content (AvgIpc) is 2.93. The number of ether oxygens (including phenoxy) is 1. The van der Waals surface area contributed by atoms with E-state index in [0.29, 0.717) is 31.9 Å². The van der Waals surface area contributed by atoms with Crippen LogP contribution >= 0.6 is 34.8 Å². The largest absolute Gasteiger partial charge is 0.484 e. The van der Waals surface area contributed by atoms with Gasteiger partial charge in [-0.05, 0) is 53.1 Å². The van der Waals surface area contributed by atoms with Gasteiger partial charge in [-0.15, -0.1) is 0 Å². The first-order chi connectivity index (χ1) is 18.4. The fourth-order valence-electron chi connectivity index (χ4n) is 3.91. The number of nitrogens with zero attached hydrogens (tertiary/aromatic N) is 1. The van der Waals surface area contributed by atoms with Gasteiger partial charge in [0.2, 0.25) is 5.91 Å². The van der Waals surface area contributed by atoms with Crippen molar-refractivity contribution < 1.29 is 14.3 Å². The lowest BCUT2D eigenvalue weighted by Crippen LogP contribution is -2.45. The molecule has 0 fully saturated rings. The SMILES string of the molecule is O=C(NCc1ccc(Cl)cc1Cl)[C@@H](c1ccccc1)N(Cc1ccc(Cl)cc1)C(=O)COc1ccccc1. The number of hydrogen-bond acceptors (Lipinski definition) is 3. The highest BCUT2D eigenvalue weighted by molar-refractivity contribution is 6.35. The number of carbonyl (C=O) groups is 2. The van der Waals surface area contributed by atoms with E-state index in [1.807, 2.05) is 60.7 Å². The highest BCUT2D eigenvalue weighted by Crippen LogP contribution is 2.26. The van der Waals surface area contributed by atoms with E-state index < -0.39 is 6.04 Å². The van der Waals surface area contributed by atoms with Gasteiger partial charge in [0.1, 0.15) is 11.8 Å². The standard InChI is InChI=1S/C30H25Cl3N2O3/c31-24-14-11-21(12-15-24)19-35(28(36)20-38-26-9-5-2-6-10-26)29(22-7-3-1-4-8-22)30(37)34-18-23-13-16-25(32)17-27(23)33/h1-17,29H,18-20H2,(H,34,37)/t29-/m1/s1. The second kappa shape index (κ2) is 13.3. The molecule has 0 heterocycles. The van der Waals surface area contributed by atoms with Crippen LogP contribution in [0.4, 0.5) is 0 Å². The minimum Gasteiger partial charge on any atom is -0.484 e. The van der Waals surface area contributed by atoms with Gasteiger partial charge in [0, 0.05) is 28.2 Å². The molecule has 4 rings (SSSR count). The molecule has 0 aromatic heterocycles. The van der Waals surface area contributed by atoms with Crippen molar-refractivity contribution in [2.45, 2.75) is 19.1 Å². The minimum atomic E-state index is -0.926. The quantitative estimate of drug-likeness (QED) is 0.222. The molecule has 194 valence electrons. The van der Waals surface area contributed by atoms with E-state index in [1.165, 1.54) is 4.90 Å². The van der Waals surface area contributed by atoms with Gasteiger partial charge in [-0.2, -0.15) is 0 Å². The van der Waals surface area contributed by atoms with Gasteiger partial charge in [0.15, 0.2) is 6.61 Å². The number of hydrogen-bond donors (Lipinski definition) is 1. The van der Waals surface area contributed by atoms with E-state index >= 15 is 0 Å². The average molecular weight is 568 g/mol. The number of rotatable bonds is 10. The first-order valence-corrected chi connectivity index (χ1v) is 13.0. The Hall–Kier alpha value is -3.51. The summed E-state index contributed by atoms with van der Waals surface area (Å²) >= 11 is 18.4. The molecule has 5 nitrogen and oxygen atoms in total. The maximum atomic E-state index is 13.7. The Morgan fingerprint density at radius 2 is 1.42 bits per heavy atom. The zero-order valence-electron chi connectivity index (χ0n) is 20.3. The van der Waals surface area contributed by atoms with Crippen molar-refractivity contribution in [1.29, 1.82) is 0 Å². The number of halogens is 3. The van der Waals surface area contributed by atoms with Crippen LogP contribution in [-0.4, -0.2) is 23.3 Å². The van der Waals surface area contributed by atoms with Crippen molar-refractivity contribution in [1.82, 2.24) is 10.2 Å². The predicted molar refractivity (Wildman–Crippen MR) is 151 cm³/mol. The second-order valence-electron chi connectivity index (χ2n) is 8.52. The van der Waals surface area contributed by atoms with Gasteiger partial charge < -0.3 is 15.0 Å². The molecule has 0 bridgehead atoms. The predicted octanol–water partition coefficient (Wildman–Crippen LogP) is 7.11. The van der Waals surface area contributed by atoms with E-state index in [9.17, 15) is 9.59 Å². The maximum Gasteiger partial charge on any atom is 0.261 e. The summed E-state index contributed by atoms with van der Waals surface area (Å²) < 4.78 is 5.75. The number of nitrogens with one attached hydrogen (secondary N) is 1. The smallest absolute Gasteiger partial charge is 0.261 e. The van der Waals surface area contributed by atoms with E-state index in [0.717, 1.165) is 5.56 Å². The molecule has 0 aliphatic heterocycles. The zero-order valence-corrected chi connectivity index (χ0v) is 22.6. The summed E-state index contributed by atoms with van der Waals surface area (Å²) in [5.74, 6) is -0.146. The lowest BCUT2D eigenvalue weighted by molar-refractivity contribution is -0.143. The van der Waals surface area contributed by atoms with Gasteiger partial charge in [0.05, 0.1) is 0 Å². The van der Waals surface area contributed by atoms with Crippen molar-refractivity contribution in [2.24, 2.45) is 0 Å². The topological polar surface area (TPSA) is 58.6 Å². The van der Waals surface area contributed by atoms with Crippen LogP contribution in [0.25, 0.3) is 0 Å². The van der Waals surface area contributed by atoms with Crippen LogP contribution in [0.2, 0.25) is 15.1 Å². The summed E-state index contributed by atoms with van der Waals surface area (Å²) in [4.78, 5) is 28.9. The normalized spacial score (nSPS) is 11.4. The van der Waals surface area contributed by atoms with Crippen LogP contribution in [0.1, 0.15) is 22.7 Å². The van der Waals surface area contributed by atoms with Crippen LogP contribution in [0.5, 0.6) is 5.75 Å². The first-order valence-electron chi connectivity index (χ1n) is 11.9. The lowest BCUT2D eigenvalue weighted by Gasteiger charge is -2.31. The Labute approximate surface area is 236 Å². The van der Waals surface area contributed by atoms with Gasteiger partial charge in [-0.3, -0.25) is 9.59 Å². The highest BCUT2D eigenvalue weighted by atomic mass is 35.5. The molecule has 0 aliphatic rings. The Morgan fingerprint density at radius 3 is 2.08 bits per heavy atom. The molecule has 0 saturated carbocycles. The third-order valence-corrected chi connectivity index (χ3v) is 6.67. The molecule has 4 aromatic carbocycles. The molecule has 1 atom stereocenters. The van der Waals surface area contributed by atoms with Gasteiger partial charge in [-0.25, -0.2) is 0 Å². The molecule has 2 amide bonds. The van der Waals surface area contributed by atoms with Crippen LogP contribution in [0.15, 0.2) is 103 Å². The molecule has 8 heteroatoms. The number of carbonyl (C=O) groups excluding carboxylic acids is 2. The minimum absolute atomic E-state index is 0.168. The Morgan fingerprint density at radius 1 is 0.789 bits per heavy atom. The first kappa shape index (κ1) is 27.5. The van der Waals surface area contributed by atoms with Crippen LogP contribution in [0.3, 0.4) is 0 Å². The monoisotopic (exact) mass is 566 g/mol. The summed E-state index contributed by atoms with van der Waals surface area (Å²) in [7, 11) is 0. The van der Waals surface area contributed by atoms with Crippen LogP contribution < -0.4 is 10.1 Å². The lowest BCUT2D eigenvalue weighted by atomic mass is 10.0. The van der Waals surface area contributed by atoms with Crippen molar-refractivity contribution >= 4 is 46.6 Å². The summed E-state index contributed by atoms with van der Waals surface area (Å²) in [5.41, 5.74) is 2.19. The summed E-state index contributed by atoms with van der Waals surface area (Å²) in [6, 6.07) is 29.5. The fourth-order valence-corrected chi connectivity index (χ4v) is 4.51. The Bertz CT molecular complexity index is 1370. The van der Waals surface area contributed by atoms with Gasteiger partial charge in [0.25, 0.3) is 5.91 Å². The van der Waals surface area contributed by atoms with E-state index in [2.05, 4.69) is 5.32 Å². The maximum absolute atomic E-state index is 13.7. The molecule has 0 unspecified atom stereocenters. The second-order valence-corrected chi connectivity index (χ2v) is 9.80. The number of amides is 2. The third kappa shape index (κ3) is 7.51. The van der Waals surface area contributed by atoms with Gasteiger partial charge in [-0.1, -0.05) is 102 Å². The van der Waals surface area contributed by atoms with Crippen molar-refractivity contribution in [3.05, 3.63) is 135 Å². The van der Waals surface area contributed by atoms with E-state index in [4.69, 9.17) is 39.5 Å². The summed E-state index contributed by atoms with van der Waals surface area (Å²) in [6.07, 6.45) is 0. The molecule has 38 heavy (non-hydrogen) atoms. The van der Waals surface area contributed by atoms with E-state index in [-0.39, 0.29) is 31.5 Å². The Balaban J connectivity index is 1.63. The molecule has 0 radical (unpaired) electrons. The number of para-hydroxylation sites is 1. The fraction of sp³-hybridized carbons (Fsp3) is 0.133. The molecule has 1 N–H and O–H groups in total. The van der Waals surface area contributed by atoms with Crippen LogP contribution in [-0.2, 0) is 22.7 Å². The van der Waals surface area contributed by atoms with Crippen molar-refractivity contribution in [2.75, 3.05) is 6.61 Å². The van der Waals surface area contributed by atoms with Crippen LogP contribution in [0, 0.1) is 0 Å². The highest BCUT2D eigenvalue weighted by Gasteiger charge is 2.32. The van der Waals surface area contributed by atoms with Crippen molar-refractivity contribution in [3.8, 4) is 5.75 Å². The van der Waals surface area contributed by atoms with Crippen molar-refractivity contribution in [3.63, 3.8) is 0 Å². The molecule has 4 aromatic rings. The molecular weight excluding hydrogens is 543 g/mol. The molecular formula is C30H25Cl3N2O3. The molecule has 0 spiro atoms.